The van der Waals surface area contributed by atoms with E-state index in [-0.39, 0.29) is 6.04 Å². The monoisotopic (exact) mass is 320 g/mol. The van der Waals surface area contributed by atoms with Crippen LogP contribution in [0, 0.1) is 0 Å². The predicted octanol–water partition coefficient (Wildman–Crippen LogP) is 3.83. The van der Waals surface area contributed by atoms with Gasteiger partial charge in [0.25, 0.3) is 0 Å². The third-order valence-electron chi connectivity index (χ3n) is 2.87. The summed E-state index contributed by atoms with van der Waals surface area (Å²) in [5.74, 6) is 0.757. The van der Waals surface area contributed by atoms with Crippen molar-refractivity contribution < 1.29 is 4.74 Å². The van der Waals surface area contributed by atoms with Gasteiger partial charge in [0.1, 0.15) is 12.4 Å². The number of rotatable bonds is 5. The molecule has 0 aliphatic heterocycles. The highest BCUT2D eigenvalue weighted by Crippen LogP contribution is 2.17. The summed E-state index contributed by atoms with van der Waals surface area (Å²) in [5.41, 5.74) is 7.93. The van der Waals surface area contributed by atoms with Gasteiger partial charge in [0.2, 0.25) is 0 Å². The first kappa shape index (κ1) is 14.0. The second-order valence-electron chi connectivity index (χ2n) is 4.35. The van der Waals surface area contributed by atoms with E-state index in [1.165, 1.54) is 0 Å². The number of hydrogen-bond acceptors (Lipinski definition) is 3. The molecule has 100 valence electrons. The van der Waals surface area contributed by atoms with Crippen molar-refractivity contribution in [3.8, 4) is 5.75 Å². The Bertz CT molecular complexity index is 528. The number of benzene rings is 1. The molecule has 0 spiro atoms. The van der Waals surface area contributed by atoms with Gasteiger partial charge in [-0.2, -0.15) is 0 Å². The van der Waals surface area contributed by atoms with Crippen LogP contribution in [-0.2, 0) is 6.61 Å². The van der Waals surface area contributed by atoms with Crippen LogP contribution >= 0.6 is 15.9 Å². The molecule has 1 atom stereocenters. The molecule has 0 aliphatic carbocycles. The summed E-state index contributed by atoms with van der Waals surface area (Å²) in [6.07, 6.45) is 2.61. The molecule has 0 unspecified atom stereocenters. The largest absolute Gasteiger partial charge is 0.487 e. The van der Waals surface area contributed by atoms with Crippen molar-refractivity contribution >= 4 is 15.9 Å². The minimum atomic E-state index is -0.000807. The highest BCUT2D eigenvalue weighted by atomic mass is 79.9. The van der Waals surface area contributed by atoms with Gasteiger partial charge in [-0.15, -0.1) is 0 Å². The van der Waals surface area contributed by atoms with Crippen LogP contribution in [0.3, 0.4) is 0 Å². The molecule has 0 fully saturated rings. The fourth-order valence-electron chi connectivity index (χ4n) is 1.70. The number of ether oxygens (including phenoxy) is 1. The Morgan fingerprint density at radius 2 is 2.16 bits per heavy atom. The van der Waals surface area contributed by atoms with Crippen molar-refractivity contribution in [1.29, 1.82) is 0 Å². The number of nitrogens with two attached hydrogens (primary N) is 1. The SMILES string of the molecule is CC[C@H](N)c1ccc(OCc2cccc(Br)c2)cn1. The highest BCUT2D eigenvalue weighted by molar-refractivity contribution is 9.10. The van der Waals surface area contributed by atoms with Gasteiger partial charge < -0.3 is 10.5 Å². The highest BCUT2D eigenvalue weighted by Gasteiger charge is 2.04. The first-order chi connectivity index (χ1) is 9.19. The lowest BCUT2D eigenvalue weighted by Crippen LogP contribution is -2.10. The lowest BCUT2D eigenvalue weighted by Gasteiger charge is -2.10. The van der Waals surface area contributed by atoms with Crippen molar-refractivity contribution in [2.75, 3.05) is 0 Å². The summed E-state index contributed by atoms with van der Waals surface area (Å²) in [5, 5.41) is 0. The molecular weight excluding hydrogens is 304 g/mol. The second kappa shape index (κ2) is 6.68. The van der Waals surface area contributed by atoms with Gasteiger partial charge in [-0.3, -0.25) is 4.98 Å². The Hall–Kier alpha value is -1.39. The molecule has 1 aromatic carbocycles. The first-order valence-corrected chi connectivity index (χ1v) is 7.07. The van der Waals surface area contributed by atoms with Crippen LogP contribution in [0.4, 0.5) is 0 Å². The lowest BCUT2D eigenvalue weighted by atomic mass is 10.1. The van der Waals surface area contributed by atoms with Gasteiger partial charge in [-0.25, -0.2) is 0 Å². The Morgan fingerprint density at radius 3 is 2.79 bits per heavy atom. The summed E-state index contributed by atoms with van der Waals surface area (Å²) in [4.78, 5) is 4.32. The minimum Gasteiger partial charge on any atom is -0.487 e. The first-order valence-electron chi connectivity index (χ1n) is 6.28. The van der Waals surface area contributed by atoms with E-state index in [9.17, 15) is 0 Å². The average molecular weight is 321 g/mol. The smallest absolute Gasteiger partial charge is 0.138 e. The van der Waals surface area contributed by atoms with Gasteiger partial charge in [0.15, 0.2) is 0 Å². The van der Waals surface area contributed by atoms with Crippen LogP contribution in [-0.4, -0.2) is 4.98 Å². The zero-order chi connectivity index (χ0) is 13.7. The fourth-order valence-corrected chi connectivity index (χ4v) is 2.15. The van der Waals surface area contributed by atoms with E-state index in [1.807, 2.05) is 43.3 Å². The molecule has 0 saturated carbocycles. The molecule has 0 bridgehead atoms. The quantitative estimate of drug-likeness (QED) is 0.910. The lowest BCUT2D eigenvalue weighted by molar-refractivity contribution is 0.304. The van der Waals surface area contributed by atoms with Gasteiger partial charge in [-0.05, 0) is 36.2 Å². The second-order valence-corrected chi connectivity index (χ2v) is 5.27. The van der Waals surface area contributed by atoms with Gasteiger partial charge in [-0.1, -0.05) is 35.0 Å². The van der Waals surface area contributed by atoms with Crippen LogP contribution in [0.5, 0.6) is 5.75 Å². The van der Waals surface area contributed by atoms with E-state index in [2.05, 4.69) is 20.9 Å². The van der Waals surface area contributed by atoms with Crippen molar-refractivity contribution in [1.82, 2.24) is 4.98 Å². The Morgan fingerprint density at radius 1 is 1.32 bits per heavy atom. The zero-order valence-corrected chi connectivity index (χ0v) is 12.4. The van der Waals surface area contributed by atoms with E-state index in [0.717, 1.165) is 27.9 Å². The molecule has 2 N–H and O–H groups in total. The molecule has 1 aromatic heterocycles. The zero-order valence-electron chi connectivity index (χ0n) is 10.8. The molecule has 19 heavy (non-hydrogen) atoms. The molecule has 3 nitrogen and oxygen atoms in total. The van der Waals surface area contributed by atoms with E-state index in [1.54, 1.807) is 6.20 Å². The number of pyridine rings is 1. The number of halogens is 1. The third kappa shape index (κ3) is 4.04. The van der Waals surface area contributed by atoms with Crippen molar-refractivity contribution in [2.45, 2.75) is 26.0 Å². The van der Waals surface area contributed by atoms with Crippen LogP contribution in [0.1, 0.15) is 30.6 Å². The molecule has 0 amide bonds. The number of nitrogens with zero attached hydrogens (tertiary/aromatic N) is 1. The number of hydrogen-bond donors (Lipinski definition) is 1. The Balaban J connectivity index is 1.96. The molecule has 1 heterocycles. The van der Waals surface area contributed by atoms with E-state index < -0.39 is 0 Å². The standard InChI is InChI=1S/C15H17BrN2O/c1-2-14(17)15-7-6-13(9-18-15)19-10-11-4-3-5-12(16)8-11/h3-9,14H,2,10,17H2,1H3/t14-/m0/s1. The summed E-state index contributed by atoms with van der Waals surface area (Å²) in [7, 11) is 0. The van der Waals surface area contributed by atoms with Crippen LogP contribution in [0.2, 0.25) is 0 Å². The van der Waals surface area contributed by atoms with Crippen molar-refractivity contribution in [3.63, 3.8) is 0 Å². The van der Waals surface area contributed by atoms with Crippen molar-refractivity contribution in [2.24, 2.45) is 5.73 Å². The fraction of sp³-hybridized carbons (Fsp3) is 0.267. The predicted molar refractivity (Wildman–Crippen MR) is 79.9 cm³/mol. The Kier molecular flexibility index (Phi) is 4.93. The Labute approximate surface area is 121 Å². The van der Waals surface area contributed by atoms with E-state index in [4.69, 9.17) is 10.5 Å². The maximum absolute atomic E-state index is 5.92. The molecular formula is C15H17BrN2O. The molecule has 2 aromatic rings. The molecule has 0 saturated heterocycles. The van der Waals surface area contributed by atoms with E-state index in [0.29, 0.717) is 6.61 Å². The summed E-state index contributed by atoms with van der Waals surface area (Å²) in [6.45, 7) is 2.57. The minimum absolute atomic E-state index is 0.000807. The van der Waals surface area contributed by atoms with Crippen LogP contribution < -0.4 is 10.5 Å². The molecule has 0 radical (unpaired) electrons. The molecule has 2 rings (SSSR count). The summed E-state index contributed by atoms with van der Waals surface area (Å²) >= 11 is 3.44. The number of aromatic nitrogens is 1. The summed E-state index contributed by atoms with van der Waals surface area (Å²) in [6, 6.07) is 11.9. The van der Waals surface area contributed by atoms with Crippen molar-refractivity contribution in [3.05, 3.63) is 58.3 Å². The van der Waals surface area contributed by atoms with Gasteiger partial charge in [0.05, 0.1) is 11.9 Å². The molecule has 4 heteroatoms. The van der Waals surface area contributed by atoms with Crippen LogP contribution in [0.15, 0.2) is 47.1 Å². The van der Waals surface area contributed by atoms with E-state index >= 15 is 0 Å². The maximum atomic E-state index is 5.92. The normalized spacial score (nSPS) is 12.2. The molecule has 0 aliphatic rings. The summed E-state index contributed by atoms with van der Waals surface area (Å²) < 4.78 is 6.74. The van der Waals surface area contributed by atoms with Gasteiger partial charge in [0, 0.05) is 10.5 Å². The van der Waals surface area contributed by atoms with Crippen LogP contribution in [0.25, 0.3) is 0 Å². The third-order valence-corrected chi connectivity index (χ3v) is 3.37. The topological polar surface area (TPSA) is 48.1 Å². The average Bonchev–Trinajstić information content (AvgIpc) is 2.45. The van der Waals surface area contributed by atoms with Gasteiger partial charge >= 0.3 is 0 Å². The maximum Gasteiger partial charge on any atom is 0.138 e.